The lowest BCUT2D eigenvalue weighted by Gasteiger charge is -2.35. The van der Waals surface area contributed by atoms with Gasteiger partial charge in [-0.25, -0.2) is 14.1 Å². The van der Waals surface area contributed by atoms with Crippen molar-refractivity contribution in [2.24, 2.45) is 5.92 Å². The van der Waals surface area contributed by atoms with Gasteiger partial charge < -0.3 is 14.7 Å². The number of anilines is 1. The van der Waals surface area contributed by atoms with E-state index in [0.29, 0.717) is 19.0 Å². The molecule has 2 fully saturated rings. The molecule has 2 aliphatic carbocycles. The number of pyridine rings is 1. The molecular formula is C26H24ClF4N3O5S. The van der Waals surface area contributed by atoms with Gasteiger partial charge in [0.25, 0.3) is 15.9 Å². The van der Waals surface area contributed by atoms with Gasteiger partial charge in [-0.05, 0) is 30.2 Å². The van der Waals surface area contributed by atoms with Gasteiger partial charge in [-0.2, -0.15) is 21.6 Å². The van der Waals surface area contributed by atoms with E-state index in [1.807, 2.05) is 4.72 Å². The lowest BCUT2D eigenvalue weighted by molar-refractivity contribution is -0.194. The first-order valence-corrected chi connectivity index (χ1v) is 14.2. The molecule has 1 aromatic heterocycles. The highest BCUT2D eigenvalue weighted by atomic mass is 35.5. The molecule has 1 aliphatic heterocycles. The van der Waals surface area contributed by atoms with E-state index in [4.69, 9.17) is 16.3 Å². The minimum absolute atomic E-state index is 0.116. The summed E-state index contributed by atoms with van der Waals surface area (Å²) in [5.74, 6) is -4.83. The average Bonchev–Trinajstić information content (AvgIpc) is 3.54. The molecule has 8 nitrogen and oxygen atoms in total. The first-order valence-electron chi connectivity index (χ1n) is 12.3. The fourth-order valence-corrected chi connectivity index (χ4v) is 5.98. The average molecular weight is 602 g/mol. The molecule has 1 saturated heterocycles. The predicted octanol–water partition coefficient (Wildman–Crippen LogP) is 4.07. The van der Waals surface area contributed by atoms with Crippen molar-refractivity contribution < 1.29 is 40.6 Å². The molecule has 1 aromatic carbocycles. The molecule has 5 rings (SSSR count). The quantitative estimate of drug-likeness (QED) is 0.364. The van der Waals surface area contributed by atoms with Crippen molar-refractivity contribution in [3.05, 3.63) is 72.0 Å². The summed E-state index contributed by atoms with van der Waals surface area (Å²) in [6.45, 7) is 0.704. The number of hydrogen-bond acceptors (Lipinski definition) is 7. The molecule has 14 heteroatoms. The molecule has 1 amide bonds. The Morgan fingerprint density at radius 2 is 1.85 bits per heavy atom. The highest BCUT2D eigenvalue weighted by molar-refractivity contribution is 7.90. The van der Waals surface area contributed by atoms with Crippen LogP contribution in [0.25, 0.3) is 5.57 Å². The largest absolute Gasteiger partial charge is 0.480 e. The second-order valence-electron chi connectivity index (χ2n) is 9.88. The molecule has 0 bridgehead atoms. The van der Waals surface area contributed by atoms with E-state index >= 15 is 4.39 Å². The van der Waals surface area contributed by atoms with Gasteiger partial charge in [0, 0.05) is 31.5 Å². The van der Waals surface area contributed by atoms with Gasteiger partial charge in [-0.3, -0.25) is 4.79 Å². The van der Waals surface area contributed by atoms with Crippen LogP contribution in [-0.4, -0.2) is 60.5 Å². The fourth-order valence-electron chi connectivity index (χ4n) is 4.69. The summed E-state index contributed by atoms with van der Waals surface area (Å²) >= 11 is 5.65. The summed E-state index contributed by atoms with van der Waals surface area (Å²) in [6.07, 6.45) is -3.92. The number of carbonyl (C=O) groups is 1. The third kappa shape index (κ3) is 5.54. The highest BCUT2D eigenvalue weighted by Gasteiger charge is 2.62. The Morgan fingerprint density at radius 1 is 1.15 bits per heavy atom. The Balaban J connectivity index is 1.45. The van der Waals surface area contributed by atoms with Crippen molar-refractivity contribution in [2.45, 2.75) is 47.3 Å². The lowest BCUT2D eigenvalue weighted by atomic mass is 9.87. The van der Waals surface area contributed by atoms with Crippen LogP contribution in [0.4, 0.5) is 23.4 Å². The number of aromatic nitrogens is 1. The number of nitrogens with one attached hydrogen (secondary N) is 1. The Hall–Kier alpha value is -3.16. The Kier molecular flexibility index (Phi) is 7.12. The van der Waals surface area contributed by atoms with Crippen LogP contribution in [0.2, 0.25) is 0 Å². The van der Waals surface area contributed by atoms with E-state index in [-0.39, 0.29) is 36.3 Å². The van der Waals surface area contributed by atoms with Crippen LogP contribution in [0.15, 0.2) is 71.5 Å². The number of aliphatic hydroxyl groups excluding tert-OH is 1. The minimum Gasteiger partial charge on any atom is -0.480 e. The summed E-state index contributed by atoms with van der Waals surface area (Å²) in [7, 11) is -4.57. The van der Waals surface area contributed by atoms with Gasteiger partial charge in [0.1, 0.15) is 11.6 Å². The topological polar surface area (TPSA) is 109 Å². The molecule has 0 spiro atoms. The van der Waals surface area contributed by atoms with E-state index in [0.717, 1.165) is 12.1 Å². The maximum absolute atomic E-state index is 15.1. The smallest absolute Gasteiger partial charge is 0.403 e. The number of amides is 1. The number of hydrogen-bond donors (Lipinski definition) is 2. The molecule has 2 N–H and O–H groups in total. The van der Waals surface area contributed by atoms with E-state index in [1.54, 1.807) is 29.2 Å². The van der Waals surface area contributed by atoms with Gasteiger partial charge in [0.2, 0.25) is 5.13 Å². The first-order chi connectivity index (χ1) is 18.7. The van der Waals surface area contributed by atoms with Crippen LogP contribution in [0.1, 0.15) is 24.8 Å². The zero-order valence-electron chi connectivity index (χ0n) is 20.7. The lowest BCUT2D eigenvalue weighted by Crippen LogP contribution is -2.46. The van der Waals surface area contributed by atoms with Crippen molar-refractivity contribution in [3.8, 4) is 0 Å². The van der Waals surface area contributed by atoms with Crippen molar-refractivity contribution in [2.75, 3.05) is 18.0 Å². The Bertz CT molecular complexity index is 1480. The summed E-state index contributed by atoms with van der Waals surface area (Å²) < 4.78 is 91.1. The van der Waals surface area contributed by atoms with Crippen LogP contribution in [0, 0.1) is 5.92 Å². The van der Waals surface area contributed by atoms with Gasteiger partial charge in [-0.1, -0.05) is 54.1 Å². The second-order valence-corrected chi connectivity index (χ2v) is 12.1. The van der Waals surface area contributed by atoms with Crippen LogP contribution >= 0.6 is 11.6 Å². The molecule has 40 heavy (non-hydrogen) atoms. The number of benzene rings is 1. The monoisotopic (exact) mass is 601 g/mol. The molecule has 2 aromatic rings. The molecule has 3 atom stereocenters. The van der Waals surface area contributed by atoms with E-state index in [9.17, 15) is 31.5 Å². The van der Waals surface area contributed by atoms with Gasteiger partial charge in [0.05, 0.1) is 6.10 Å². The van der Waals surface area contributed by atoms with E-state index < -0.39 is 55.6 Å². The summed E-state index contributed by atoms with van der Waals surface area (Å²) in [6, 6.07) is 11.8. The van der Waals surface area contributed by atoms with E-state index in [1.165, 1.54) is 18.2 Å². The number of halogens is 5. The Morgan fingerprint density at radius 3 is 2.45 bits per heavy atom. The zero-order valence-corrected chi connectivity index (χ0v) is 22.3. The third-order valence-electron chi connectivity index (χ3n) is 6.92. The first kappa shape index (κ1) is 28.4. The predicted molar refractivity (Wildman–Crippen MR) is 137 cm³/mol. The van der Waals surface area contributed by atoms with Gasteiger partial charge >= 0.3 is 6.18 Å². The van der Waals surface area contributed by atoms with Crippen LogP contribution in [-0.2, 0) is 19.6 Å². The van der Waals surface area contributed by atoms with Crippen LogP contribution in [0.5, 0.6) is 0 Å². The van der Waals surface area contributed by atoms with Crippen molar-refractivity contribution in [1.29, 1.82) is 0 Å². The minimum atomic E-state index is -5.21. The fraction of sp³-hybridized carbons (Fsp3) is 0.385. The van der Waals surface area contributed by atoms with Crippen molar-refractivity contribution >= 4 is 38.9 Å². The van der Waals surface area contributed by atoms with Gasteiger partial charge in [-0.15, -0.1) is 0 Å². The summed E-state index contributed by atoms with van der Waals surface area (Å²) in [5.41, 5.74) is -1.88. The summed E-state index contributed by atoms with van der Waals surface area (Å²) in [5, 5.41) is 5.86. The van der Waals surface area contributed by atoms with Crippen LogP contribution in [0.3, 0.4) is 0 Å². The Labute approximate surface area is 232 Å². The number of allylic oxidation sites excluding steroid dienone is 4. The maximum atomic E-state index is 15.1. The number of sulfonamides is 1. The highest BCUT2D eigenvalue weighted by Crippen LogP contribution is 2.54. The molecular weight excluding hydrogens is 578 g/mol. The maximum Gasteiger partial charge on any atom is 0.403 e. The van der Waals surface area contributed by atoms with Crippen molar-refractivity contribution in [1.82, 2.24) is 9.71 Å². The summed E-state index contributed by atoms with van der Waals surface area (Å²) in [4.78, 5) is 19.0. The number of ether oxygens (including phenoxy) is 1. The SMILES string of the molecule is O=C(NS(=O)(=O)c1cccc(N2CC[C@H](O)C2)n1)C1(OC2=C(c3ccccc3)C=CC(F)(Cl)C2C(F)(F)F)CC1. The number of nitrogens with zero attached hydrogens (tertiary/aromatic N) is 2. The standard InChI is InChI=1S/C26H24ClF4N3O5S/c27-25(28)11-9-18(16-5-2-1-3-6-16)21(22(25)26(29,30)31)39-24(12-13-24)23(36)33-40(37,38)20-8-4-7-19(32-20)34-14-10-17(35)15-34/h1-9,11,17,22,35H,10,12-15H2,(H,33,36)/t17-,22?,25?/m0/s1. The number of aliphatic hydroxyl groups is 1. The van der Waals surface area contributed by atoms with Crippen molar-refractivity contribution in [3.63, 3.8) is 0 Å². The zero-order chi connectivity index (χ0) is 28.9. The molecule has 3 aliphatic rings. The molecule has 0 radical (unpaired) electrons. The normalized spacial score (nSPS) is 26.1. The number of carbonyl (C=O) groups excluding carboxylic acids is 1. The van der Waals surface area contributed by atoms with Crippen LogP contribution < -0.4 is 9.62 Å². The molecule has 1 saturated carbocycles. The molecule has 214 valence electrons. The molecule has 2 unspecified atom stereocenters. The van der Waals surface area contributed by atoms with Gasteiger partial charge in [0.15, 0.2) is 16.5 Å². The number of alkyl halides is 5. The third-order valence-corrected chi connectivity index (χ3v) is 8.50. The van der Waals surface area contributed by atoms with E-state index in [2.05, 4.69) is 4.98 Å². The molecule has 2 heterocycles. The second kappa shape index (κ2) is 10.0. The number of rotatable bonds is 7. The number of β-amino-alcohol motifs (C(OH)–C–C–N with tert-alkyl or cyclic N) is 1.